The second-order valence-corrected chi connectivity index (χ2v) is 38.9. The molecule has 11 N–H and O–H groups in total. The van der Waals surface area contributed by atoms with Gasteiger partial charge in [0, 0.05) is 173 Å². The van der Waals surface area contributed by atoms with Gasteiger partial charge in [-0.05, 0) is 78.9 Å². The van der Waals surface area contributed by atoms with Crippen LogP contribution in [0, 0.1) is 41.4 Å². The van der Waals surface area contributed by atoms with Crippen LogP contribution < -0.4 is 31.7 Å². The third kappa shape index (κ3) is 36.0. The molecule has 0 aromatic heterocycles. The number of Topliss-reactive ketones (excluding diaryl/α,β-unsaturated/α-hetero) is 3. The number of methoxy groups -OCH3 is 2. The summed E-state index contributed by atoms with van der Waals surface area (Å²) in [7, 11) is 13.6. The predicted molar refractivity (Wildman–Crippen MR) is 518 cm³/mol. The zero-order chi connectivity index (χ0) is 107. The number of likely N-dealkylation sites (tertiary alicyclic amines) is 2. The lowest BCUT2D eigenvalue weighted by atomic mass is 9.80. The van der Waals surface area contributed by atoms with Crippen molar-refractivity contribution in [3.8, 4) is 5.75 Å². The molecule has 44 nitrogen and oxygen atoms in total. The molecule has 3 aliphatic rings. The normalized spacial score (nSPS) is 18.9. The lowest BCUT2D eigenvalue weighted by Gasteiger charge is -2.41. The van der Waals surface area contributed by atoms with Crippen molar-refractivity contribution in [2.24, 2.45) is 47.2 Å². The van der Waals surface area contributed by atoms with E-state index >= 15 is 4.79 Å². The number of carboxylic acid groups (broad SMARTS) is 1. The van der Waals surface area contributed by atoms with E-state index in [4.69, 9.17) is 24.7 Å². The molecule has 142 heavy (non-hydrogen) atoms. The molecular weight excluding hydrogens is 1870 g/mol. The molecule has 2 aromatic rings. The van der Waals surface area contributed by atoms with Gasteiger partial charge in [-0.1, -0.05) is 98.2 Å². The number of carboxylic acids is 1. The number of imide groups is 1. The first-order chi connectivity index (χ1) is 66.7. The second-order valence-electron chi connectivity index (χ2n) is 37.9. The van der Waals surface area contributed by atoms with E-state index in [0.29, 0.717) is 31.4 Å². The van der Waals surface area contributed by atoms with E-state index in [9.17, 15) is 117 Å². The zero-order valence-electron chi connectivity index (χ0n) is 85.2. The van der Waals surface area contributed by atoms with Crippen LogP contribution in [0.5, 0.6) is 5.75 Å². The Morgan fingerprint density at radius 3 is 1.71 bits per heavy atom. The Kier molecular flexibility index (Phi) is 49.5. The van der Waals surface area contributed by atoms with Crippen LogP contribution in [-0.4, -0.2) is 401 Å². The van der Waals surface area contributed by atoms with E-state index in [1.54, 1.807) is 65.0 Å². The number of carbonyl (C=O) groups excluding carboxylic acids is 19. The number of ether oxygens (including phenoxy) is 4. The first kappa shape index (κ1) is 121. The lowest BCUT2D eigenvalue weighted by Crippen LogP contribution is -2.60. The minimum atomic E-state index is -2.01. The van der Waals surface area contributed by atoms with Gasteiger partial charge in [-0.25, -0.2) is 4.79 Å². The molecule has 2 aliphatic heterocycles. The fraction of sp³-hybridized carbons (Fsp3) is 0.670. The van der Waals surface area contributed by atoms with Gasteiger partial charge in [-0.2, -0.15) is 11.8 Å². The smallest absolute Gasteiger partial charge is 0.410 e. The summed E-state index contributed by atoms with van der Waals surface area (Å²) in [6.07, 6.45) is -10.6. The number of nitrogens with zero attached hydrogens (tertiary/aromatic N) is 10. The second kappa shape index (κ2) is 58.2. The van der Waals surface area contributed by atoms with E-state index in [1.807, 2.05) is 39.0 Å². The zero-order valence-corrected chi connectivity index (χ0v) is 86.0. The molecule has 17 atom stereocenters. The summed E-state index contributed by atoms with van der Waals surface area (Å²) in [6.45, 7) is 10.6. The number of nitrogens with one attached hydrogen (secondary N) is 4. The van der Waals surface area contributed by atoms with E-state index < -0.39 is 286 Å². The van der Waals surface area contributed by atoms with Crippen molar-refractivity contribution in [2.45, 2.75) is 237 Å². The van der Waals surface area contributed by atoms with Crippen LogP contribution in [0.25, 0.3) is 0 Å². The average molecular weight is 2020 g/mol. The van der Waals surface area contributed by atoms with Gasteiger partial charge >= 0.3 is 12.1 Å². The summed E-state index contributed by atoms with van der Waals surface area (Å²) < 4.78 is 24.0. The Bertz CT molecular complexity index is 4720. The molecule has 45 heteroatoms. The number of anilines is 1. The summed E-state index contributed by atoms with van der Waals surface area (Å²) >= 11 is 1.22. The molecule has 1 aliphatic carbocycles. The molecule has 5 rings (SSSR count). The van der Waals surface area contributed by atoms with Gasteiger partial charge in [0.25, 0.3) is 0 Å². The number of thioether (sulfide) groups is 1. The van der Waals surface area contributed by atoms with E-state index in [1.165, 1.54) is 98.4 Å². The Hall–Kier alpha value is -11.6. The van der Waals surface area contributed by atoms with Gasteiger partial charge in [0.1, 0.15) is 60.1 Å². The largest absolute Gasteiger partial charge is 0.485 e. The van der Waals surface area contributed by atoms with Crippen molar-refractivity contribution in [3.63, 3.8) is 0 Å². The highest BCUT2D eigenvalue weighted by Gasteiger charge is 2.49. The van der Waals surface area contributed by atoms with Crippen LogP contribution in [0.4, 0.5) is 10.5 Å². The van der Waals surface area contributed by atoms with Crippen molar-refractivity contribution in [3.05, 3.63) is 59.7 Å². The molecule has 16 amide bonds. The number of likely N-dealkylation sites (N-methyl/N-ethyl adjacent to an activating group) is 8. The molecular formula is C97H149N15O29S. The predicted octanol–water partition coefficient (Wildman–Crippen LogP) is 0.767. The molecule has 3 fully saturated rings. The molecule has 0 bridgehead atoms. The first-order valence-electron chi connectivity index (χ1n) is 47.8. The molecule has 0 radical (unpaired) electrons. The first-order valence-corrected chi connectivity index (χ1v) is 49.1. The highest BCUT2D eigenvalue weighted by Crippen LogP contribution is 2.37. The van der Waals surface area contributed by atoms with Gasteiger partial charge < -0.3 is 111 Å². The Morgan fingerprint density at radius 2 is 1.18 bits per heavy atom. The number of nitrogens with two attached hydrogens (primary N) is 1. The van der Waals surface area contributed by atoms with Crippen LogP contribution in [0.15, 0.2) is 48.5 Å². The van der Waals surface area contributed by atoms with Gasteiger partial charge in [-0.15, -0.1) is 0 Å². The molecule has 2 heterocycles. The van der Waals surface area contributed by atoms with Crippen molar-refractivity contribution >= 4 is 135 Å². The Morgan fingerprint density at radius 1 is 0.606 bits per heavy atom. The van der Waals surface area contributed by atoms with E-state index in [2.05, 4.69) is 21.3 Å². The average Bonchev–Trinajstić information content (AvgIpc) is 1.24. The number of ketones is 3. The topological polar surface area (TPSA) is 586 Å². The van der Waals surface area contributed by atoms with Crippen LogP contribution in [0.3, 0.4) is 0 Å². The SMILES string of the molecule is CC[C@@H](C)[C@H]([C@H](CC(=O)N1CCCC1[C@@H](OC)[C@H](C)C(=O)C[C@@H](C)[C@H](O)c1ccccc1)OC)N(C)C(=O)[C@H](NC(=O)[C@@H](C(C)C)N(C)C(=O)OCc1ccc(O[C@@H]2C[C@@H](C(=O)O)[C@H](O)[C@@H](O)[C@@H]2O)c(NC(=O)CCNC(=O)CC[C@H](CC(=O)CCC(=O)N(C)CC(=O)N(C)CC(=O)N(C)CC(=O)N(C)CC(=O)N(C)CC(=O)N(C)CC(N)=O)C(=O)NCCCC(=O)CCN2C(=O)CC(SC)C2=O)c1)C(C)C. The van der Waals surface area contributed by atoms with Crippen molar-refractivity contribution in [1.82, 2.24) is 64.9 Å². The number of rotatable bonds is 59. The maximum Gasteiger partial charge on any atom is 0.410 e. The molecule has 2 unspecified atom stereocenters. The number of amides is 16. The number of aliphatic hydroxyl groups is 4. The number of hydrogen-bond donors (Lipinski definition) is 10. The summed E-state index contributed by atoms with van der Waals surface area (Å²) in [5.74, 6) is -17.4. The van der Waals surface area contributed by atoms with Crippen LogP contribution in [0.2, 0.25) is 0 Å². The van der Waals surface area contributed by atoms with Gasteiger partial charge in [0.05, 0.1) is 99.0 Å². The number of primary amides is 1. The van der Waals surface area contributed by atoms with Crippen molar-refractivity contribution in [2.75, 3.05) is 148 Å². The highest BCUT2D eigenvalue weighted by molar-refractivity contribution is 8.00. The van der Waals surface area contributed by atoms with Gasteiger partial charge in [0.15, 0.2) is 0 Å². The standard InChI is InChI=1S/C97H149N15O29S/c1-20-57(6)86(70(138-17)46-77(120)111-40-25-29-67(111)91(139-18)59(8)68(115)42-58(7)87(127)61-26-22-21-23-27-61)109(15)95(134)84(55(2)3)102-93(132)85(56(4)5)110(16)97(137)140-54-60-30-33-69(141-71-45-65(96(135)136)88(128)90(130)89(71)129)66(43-60)101-75(118)36-39-99-74(117)34-31-62(92(131)100-38-24-28-63(113)37-41-112-78(121)47-72(142-19)94(112)133)44-64(114)32-35-76(119)104(10)49-80(123)106(12)51-82(125)108(14)53-83(126)107(13)52-81(124)105(11)50-79(122)103(9)48-73(98)116/h21-23,26-27,30,33,43,55-59,62,65,67,70-72,84-91,127-130H,20,24-25,28-29,31-32,34-42,44-54H2,1-19H3,(H2,98,116)(H,99,117)(H,100,131)(H,101,118)(H,102,132)(H,135,136)/t57-,58-,59-,62-,65-,67?,70+,71-,72?,84-,85-,86-,87+,88+,89-,90-,91+/m1/s1. The molecule has 0 spiro atoms. The van der Waals surface area contributed by atoms with Gasteiger partial charge in [0.2, 0.25) is 88.6 Å². The highest BCUT2D eigenvalue weighted by atomic mass is 32.2. The number of hydrogen-bond acceptors (Lipinski definition) is 29. The van der Waals surface area contributed by atoms with Crippen LogP contribution in [0.1, 0.15) is 175 Å². The minimum absolute atomic E-state index is 0.0139. The van der Waals surface area contributed by atoms with E-state index in [-0.39, 0.29) is 112 Å². The number of aliphatic carboxylic acids is 1. The van der Waals surface area contributed by atoms with Gasteiger partial charge in [-0.3, -0.25) is 101 Å². The van der Waals surface area contributed by atoms with Crippen molar-refractivity contribution < 1.29 is 140 Å². The van der Waals surface area contributed by atoms with Crippen molar-refractivity contribution in [1.29, 1.82) is 0 Å². The van der Waals surface area contributed by atoms with Crippen LogP contribution >= 0.6 is 11.8 Å². The molecule has 792 valence electrons. The third-order valence-electron chi connectivity index (χ3n) is 26.3. The summed E-state index contributed by atoms with van der Waals surface area (Å²) in [6, 6.07) is 9.39. The maximum absolute atomic E-state index is 15.1. The monoisotopic (exact) mass is 2020 g/mol. The summed E-state index contributed by atoms with van der Waals surface area (Å²) in [5, 5.41) is 63.8. The van der Waals surface area contributed by atoms with E-state index in [0.717, 1.165) is 39.2 Å². The lowest BCUT2D eigenvalue weighted by molar-refractivity contribution is -0.174. The third-order valence-corrected chi connectivity index (χ3v) is 27.3. The maximum atomic E-state index is 15.1. The number of carbonyl (C=O) groups is 20. The summed E-state index contributed by atoms with van der Waals surface area (Å²) in [4.78, 5) is 279. The number of benzene rings is 2. The Labute approximate surface area is 833 Å². The summed E-state index contributed by atoms with van der Waals surface area (Å²) in [5.41, 5.74) is 5.83. The minimum Gasteiger partial charge on any atom is -0.485 e. The number of aliphatic hydroxyl groups excluding tert-OH is 4. The van der Waals surface area contributed by atoms with Crippen LogP contribution in [-0.2, 0) is 112 Å². The molecule has 2 saturated heterocycles. The molecule has 2 aromatic carbocycles. The fourth-order valence-electron chi connectivity index (χ4n) is 17.3. The quantitative estimate of drug-likeness (QED) is 0.0323. The Balaban J connectivity index is 1.25. The fourth-order valence-corrected chi connectivity index (χ4v) is 17.9. The molecule has 1 saturated carbocycles.